The molecule has 1 aliphatic rings. The number of pyridine rings is 1. The van der Waals surface area contributed by atoms with Gasteiger partial charge in [-0.2, -0.15) is 0 Å². The molecule has 9 nitrogen and oxygen atoms in total. The third kappa shape index (κ3) is 2.81. The number of hydrogen-bond acceptors (Lipinski definition) is 7. The van der Waals surface area contributed by atoms with Gasteiger partial charge in [0.25, 0.3) is 11.6 Å². The molecule has 1 aliphatic carbocycles. The predicted octanol–water partition coefficient (Wildman–Crippen LogP) is 2.85. The maximum absolute atomic E-state index is 13.1. The second-order valence-electron chi connectivity index (χ2n) is 6.98. The van der Waals surface area contributed by atoms with Gasteiger partial charge < -0.3 is 9.84 Å². The van der Waals surface area contributed by atoms with Crippen LogP contribution in [0.1, 0.15) is 40.5 Å². The van der Waals surface area contributed by atoms with Gasteiger partial charge in [-0.15, -0.1) is 5.10 Å². The third-order valence-corrected chi connectivity index (χ3v) is 4.88. The predicted molar refractivity (Wildman–Crippen MR) is 101 cm³/mol. The molecule has 0 saturated heterocycles. The molecule has 9 heteroatoms. The van der Waals surface area contributed by atoms with Crippen molar-refractivity contribution in [2.24, 2.45) is 7.05 Å². The number of fused-ring (bicyclic) bond motifs is 1. The van der Waals surface area contributed by atoms with Crippen LogP contribution in [0.4, 0.5) is 5.69 Å². The van der Waals surface area contributed by atoms with Crippen LogP contribution in [-0.4, -0.2) is 36.3 Å². The van der Waals surface area contributed by atoms with E-state index in [-0.39, 0.29) is 5.91 Å². The van der Waals surface area contributed by atoms with E-state index in [1.807, 2.05) is 37.3 Å². The van der Waals surface area contributed by atoms with Gasteiger partial charge in [-0.3, -0.25) is 4.79 Å². The summed E-state index contributed by atoms with van der Waals surface area (Å²) in [4.78, 5) is 17.6. The number of benzene rings is 1. The summed E-state index contributed by atoms with van der Waals surface area (Å²) in [5.74, 6) is 0.787. The highest BCUT2D eigenvalue weighted by Crippen LogP contribution is 2.40. The zero-order valence-corrected chi connectivity index (χ0v) is 15.4. The monoisotopic (exact) mass is 375 g/mol. The fourth-order valence-electron chi connectivity index (χ4n) is 3.29. The lowest BCUT2D eigenvalue weighted by molar-refractivity contribution is 0.102. The second kappa shape index (κ2) is 6.22. The van der Waals surface area contributed by atoms with Gasteiger partial charge >= 0.3 is 0 Å². The summed E-state index contributed by atoms with van der Waals surface area (Å²) in [5, 5.41) is 19.1. The minimum Gasteiger partial charge on any atom is -0.336 e. The largest absolute Gasteiger partial charge is 0.336 e. The average molecular weight is 375 g/mol. The molecule has 28 heavy (non-hydrogen) atoms. The Morgan fingerprint density at radius 3 is 2.89 bits per heavy atom. The smallest absolute Gasteiger partial charge is 0.259 e. The highest BCUT2D eigenvalue weighted by molar-refractivity contribution is 6.12. The number of rotatable bonds is 4. The van der Waals surface area contributed by atoms with E-state index in [4.69, 9.17) is 4.52 Å². The minimum atomic E-state index is -0.228. The van der Waals surface area contributed by atoms with Crippen LogP contribution in [-0.2, 0) is 7.05 Å². The molecule has 0 spiro atoms. The van der Waals surface area contributed by atoms with Gasteiger partial charge in [0.1, 0.15) is 0 Å². The molecule has 5 rings (SSSR count). The quantitative estimate of drug-likeness (QED) is 0.584. The van der Waals surface area contributed by atoms with Crippen LogP contribution in [0, 0.1) is 6.92 Å². The molecule has 0 unspecified atom stereocenters. The molecule has 4 aromatic rings. The van der Waals surface area contributed by atoms with Crippen LogP contribution < -0.4 is 5.32 Å². The zero-order chi connectivity index (χ0) is 19.3. The molecule has 1 saturated carbocycles. The molecule has 3 heterocycles. The standard InChI is InChI=1S/C19H17N7O2/c1-10-16-14(9-15(11-6-7-11)21-19(16)28-23-10)18(27)20-13-5-3-4-12(8-13)17-22-24-25-26(17)2/h3-5,8-9,11H,6-7H2,1-2H3,(H,20,27). The van der Waals surface area contributed by atoms with Gasteiger partial charge in [-0.25, -0.2) is 9.67 Å². The van der Waals surface area contributed by atoms with Crippen molar-refractivity contribution in [3.05, 3.63) is 47.3 Å². The molecule has 0 aliphatic heterocycles. The Balaban J connectivity index is 1.51. The Morgan fingerprint density at radius 1 is 1.29 bits per heavy atom. The molecule has 3 aromatic heterocycles. The van der Waals surface area contributed by atoms with Crippen molar-refractivity contribution in [3.8, 4) is 11.4 Å². The Labute approximate surface area is 159 Å². The number of amides is 1. The van der Waals surface area contributed by atoms with Gasteiger partial charge in [0.05, 0.1) is 16.6 Å². The van der Waals surface area contributed by atoms with Crippen LogP contribution >= 0.6 is 0 Å². The number of anilines is 1. The van der Waals surface area contributed by atoms with E-state index in [0.717, 1.165) is 24.1 Å². The topological polar surface area (TPSA) is 112 Å². The number of carbonyl (C=O) groups is 1. The molecule has 1 N–H and O–H groups in total. The Morgan fingerprint density at radius 2 is 2.14 bits per heavy atom. The average Bonchev–Trinajstić information content (AvgIpc) is 3.36. The van der Waals surface area contributed by atoms with Crippen molar-refractivity contribution in [2.45, 2.75) is 25.7 Å². The van der Waals surface area contributed by atoms with E-state index in [9.17, 15) is 4.79 Å². The number of hydrogen-bond donors (Lipinski definition) is 1. The van der Waals surface area contributed by atoms with Gasteiger partial charge in [-0.05, 0) is 48.4 Å². The van der Waals surface area contributed by atoms with E-state index < -0.39 is 0 Å². The molecular weight excluding hydrogens is 358 g/mol. The Hall–Kier alpha value is -3.62. The van der Waals surface area contributed by atoms with Gasteiger partial charge in [0.2, 0.25) is 0 Å². The summed E-state index contributed by atoms with van der Waals surface area (Å²) in [7, 11) is 1.77. The van der Waals surface area contributed by atoms with E-state index >= 15 is 0 Å². The SMILES string of the molecule is Cc1noc2nc(C3CC3)cc(C(=O)Nc3cccc(-c4nnnn4C)c3)c12. The summed E-state index contributed by atoms with van der Waals surface area (Å²) in [6.07, 6.45) is 2.17. The van der Waals surface area contributed by atoms with Crippen molar-refractivity contribution < 1.29 is 9.32 Å². The van der Waals surface area contributed by atoms with Crippen LogP contribution in [0.15, 0.2) is 34.9 Å². The lowest BCUT2D eigenvalue weighted by atomic mass is 10.1. The zero-order valence-electron chi connectivity index (χ0n) is 15.4. The summed E-state index contributed by atoms with van der Waals surface area (Å²) in [6.45, 7) is 1.81. The Bertz CT molecular complexity index is 1210. The molecule has 140 valence electrons. The minimum absolute atomic E-state index is 0.228. The van der Waals surface area contributed by atoms with Crippen molar-refractivity contribution in [1.29, 1.82) is 0 Å². The number of tetrazole rings is 1. The van der Waals surface area contributed by atoms with Crippen molar-refractivity contribution >= 4 is 22.7 Å². The van der Waals surface area contributed by atoms with Gasteiger partial charge in [-0.1, -0.05) is 17.3 Å². The fourth-order valence-corrected chi connectivity index (χ4v) is 3.29. The molecule has 0 radical (unpaired) electrons. The number of carbonyl (C=O) groups excluding carboxylic acids is 1. The molecule has 1 fully saturated rings. The second-order valence-corrected chi connectivity index (χ2v) is 6.98. The first-order chi connectivity index (χ1) is 13.6. The summed E-state index contributed by atoms with van der Waals surface area (Å²) < 4.78 is 6.90. The van der Waals surface area contributed by atoms with Gasteiger partial charge in [0.15, 0.2) is 5.82 Å². The van der Waals surface area contributed by atoms with Crippen LogP contribution in [0.2, 0.25) is 0 Å². The lowest BCUT2D eigenvalue weighted by Gasteiger charge is -2.09. The molecule has 1 aromatic carbocycles. The van der Waals surface area contributed by atoms with E-state index in [1.165, 1.54) is 0 Å². The van der Waals surface area contributed by atoms with Gasteiger partial charge in [0, 0.05) is 29.9 Å². The highest BCUT2D eigenvalue weighted by Gasteiger charge is 2.28. The number of nitrogens with zero attached hydrogens (tertiary/aromatic N) is 6. The third-order valence-electron chi connectivity index (χ3n) is 4.88. The first-order valence-electron chi connectivity index (χ1n) is 9.01. The molecular formula is C19H17N7O2. The highest BCUT2D eigenvalue weighted by atomic mass is 16.5. The maximum atomic E-state index is 13.1. The summed E-state index contributed by atoms with van der Waals surface area (Å²) in [6, 6.07) is 9.26. The maximum Gasteiger partial charge on any atom is 0.259 e. The van der Waals surface area contributed by atoms with Crippen LogP contribution in [0.25, 0.3) is 22.5 Å². The molecule has 0 bridgehead atoms. The lowest BCUT2D eigenvalue weighted by Crippen LogP contribution is -2.13. The fraction of sp³-hybridized carbons (Fsp3) is 0.263. The summed E-state index contributed by atoms with van der Waals surface area (Å²) >= 11 is 0. The first-order valence-corrected chi connectivity index (χ1v) is 9.01. The summed E-state index contributed by atoms with van der Waals surface area (Å²) in [5.41, 5.74) is 3.92. The first kappa shape index (κ1) is 16.5. The normalized spacial score (nSPS) is 13.8. The number of nitrogens with one attached hydrogen (secondary N) is 1. The molecule has 1 amide bonds. The van der Waals surface area contributed by atoms with Crippen molar-refractivity contribution in [2.75, 3.05) is 5.32 Å². The number of aryl methyl sites for hydroxylation is 2. The van der Waals surface area contributed by atoms with E-state index in [2.05, 4.69) is 31.0 Å². The van der Waals surface area contributed by atoms with E-state index in [0.29, 0.717) is 39.8 Å². The Kier molecular flexibility index (Phi) is 3.68. The van der Waals surface area contributed by atoms with E-state index in [1.54, 1.807) is 11.7 Å². The van der Waals surface area contributed by atoms with Crippen molar-refractivity contribution in [1.82, 2.24) is 30.3 Å². The number of aromatic nitrogens is 6. The molecule has 0 atom stereocenters. The van der Waals surface area contributed by atoms with Crippen LogP contribution in [0.5, 0.6) is 0 Å². The van der Waals surface area contributed by atoms with Crippen LogP contribution in [0.3, 0.4) is 0 Å². The van der Waals surface area contributed by atoms with Crippen molar-refractivity contribution in [3.63, 3.8) is 0 Å².